The highest BCUT2D eigenvalue weighted by Crippen LogP contribution is 2.49. The number of aryl methyl sites for hydroxylation is 1. The zero-order valence-corrected chi connectivity index (χ0v) is 40.8. The molecule has 0 N–H and O–H groups in total. The van der Waals surface area contributed by atoms with E-state index in [1.165, 1.54) is 17.7 Å². The van der Waals surface area contributed by atoms with Crippen molar-refractivity contribution in [3.05, 3.63) is 124 Å². The number of hydrogen-bond donors (Lipinski definition) is 0. The van der Waals surface area contributed by atoms with Gasteiger partial charge in [0.25, 0.3) is 0 Å². The smallest absolute Gasteiger partial charge is 0.209 e. The molecule has 63 heavy (non-hydrogen) atoms. The molecule has 3 aliphatic rings. The lowest BCUT2D eigenvalue weighted by Crippen LogP contribution is -2.37. The average Bonchev–Trinajstić information content (AvgIpc) is 3.52. The van der Waals surface area contributed by atoms with Gasteiger partial charge in [-0.15, -0.1) is 0 Å². The molecule has 0 aromatic heterocycles. The lowest BCUT2D eigenvalue weighted by atomic mass is 9.81. The third-order valence-corrected chi connectivity index (χ3v) is 14.3. The van der Waals surface area contributed by atoms with Crippen molar-refractivity contribution >= 4 is 37.3 Å². The highest BCUT2D eigenvalue weighted by atomic mass is 32.2. The Bertz CT molecular complexity index is 2620. The van der Waals surface area contributed by atoms with E-state index >= 15 is 0 Å². The van der Waals surface area contributed by atoms with Gasteiger partial charge in [-0.05, 0) is 116 Å². The molecule has 0 saturated heterocycles. The second-order valence-electron chi connectivity index (χ2n) is 20.3. The normalized spacial score (nSPS) is 19.2. The molecule has 340 valence electrons. The number of allylic oxidation sites excluding steroid dienone is 7. The quantitative estimate of drug-likeness (QED) is 0.0798. The summed E-state index contributed by atoms with van der Waals surface area (Å²) < 4.78 is 84.0. The molecule has 1 aliphatic carbocycles. The molecule has 3 aromatic carbocycles. The Balaban J connectivity index is 1.48. The number of nitrogens with zero attached hydrogens (tertiary/aromatic N) is 4. The van der Waals surface area contributed by atoms with Gasteiger partial charge in [0.05, 0.1) is 77.0 Å². The van der Waals surface area contributed by atoms with Crippen LogP contribution in [0.2, 0.25) is 0 Å². The van der Waals surface area contributed by atoms with Gasteiger partial charge in [0.2, 0.25) is 5.69 Å². The molecular weight excluding hydrogens is 833 g/mol. The Morgan fingerprint density at radius 1 is 0.746 bits per heavy atom. The molecule has 0 spiro atoms. The van der Waals surface area contributed by atoms with Crippen LogP contribution in [0, 0.1) is 0 Å². The van der Waals surface area contributed by atoms with E-state index in [4.69, 9.17) is 4.74 Å². The fraction of sp³-hybridized carbons (Fsp3) is 0.460. The van der Waals surface area contributed by atoms with E-state index in [0.717, 1.165) is 117 Å². The second-order valence-corrected chi connectivity index (χ2v) is 23.1. The molecule has 11 nitrogen and oxygen atoms in total. The number of fused-ring (bicyclic) bond motifs is 2. The maximum absolute atomic E-state index is 12.2. The zero-order chi connectivity index (χ0) is 46.3. The van der Waals surface area contributed by atoms with Crippen LogP contribution in [0.4, 0.5) is 11.4 Å². The summed E-state index contributed by atoms with van der Waals surface area (Å²) in [6.07, 6.45) is 13.7. The maximum Gasteiger partial charge on any atom is 0.209 e. The molecule has 0 amide bonds. The SMILES string of the molecule is CCc1ccc(OC2=C(/C=C/C3=[N+](CCC[N+](C)(C)C)c4ccc(S(=O)(=O)[O-])cc4C3(C)C)CCC/C2=C\C=C2\N(CCC[N+](C)(C)C)c3ccc(S(=O)(=O)[O-])cc3C2(C)C)cc1. The topological polar surface area (TPSA) is 130 Å². The van der Waals surface area contributed by atoms with Crippen molar-refractivity contribution in [2.45, 2.75) is 93.8 Å². The summed E-state index contributed by atoms with van der Waals surface area (Å²) in [6.45, 7) is 13.7. The van der Waals surface area contributed by atoms with Crippen molar-refractivity contribution < 1.29 is 44.2 Å². The van der Waals surface area contributed by atoms with Crippen LogP contribution in [-0.2, 0) is 37.5 Å². The minimum atomic E-state index is -4.65. The Labute approximate surface area is 377 Å². The zero-order valence-electron chi connectivity index (χ0n) is 39.1. The third kappa shape index (κ3) is 10.9. The molecule has 0 fully saturated rings. The summed E-state index contributed by atoms with van der Waals surface area (Å²) in [5.74, 6) is 1.50. The molecule has 0 atom stereocenters. The molecule has 0 bridgehead atoms. The minimum absolute atomic E-state index is 0.231. The monoisotopic (exact) mass is 899 g/mol. The first-order valence-corrected chi connectivity index (χ1v) is 24.9. The number of quaternary nitrogens is 2. The van der Waals surface area contributed by atoms with Gasteiger partial charge in [-0.3, -0.25) is 0 Å². The van der Waals surface area contributed by atoms with Crippen molar-refractivity contribution in [2.24, 2.45) is 0 Å². The minimum Gasteiger partial charge on any atom is -0.744 e. The van der Waals surface area contributed by atoms with Crippen LogP contribution in [0.5, 0.6) is 5.75 Å². The van der Waals surface area contributed by atoms with E-state index in [9.17, 15) is 25.9 Å². The van der Waals surface area contributed by atoms with Gasteiger partial charge in [0.1, 0.15) is 31.7 Å². The fourth-order valence-electron chi connectivity index (χ4n) is 9.13. The van der Waals surface area contributed by atoms with Gasteiger partial charge in [0.15, 0.2) is 12.3 Å². The first kappa shape index (κ1) is 48.1. The third-order valence-electron chi connectivity index (χ3n) is 12.6. The van der Waals surface area contributed by atoms with Gasteiger partial charge in [-0.1, -0.05) is 39.0 Å². The van der Waals surface area contributed by atoms with Crippen LogP contribution in [0.1, 0.15) is 83.4 Å². The van der Waals surface area contributed by atoms with Crippen LogP contribution in [0.3, 0.4) is 0 Å². The number of hydrogen-bond acceptors (Lipinski definition) is 8. The number of benzene rings is 3. The number of ether oxygens (including phenoxy) is 1. The van der Waals surface area contributed by atoms with Crippen molar-refractivity contribution in [3.63, 3.8) is 0 Å². The van der Waals surface area contributed by atoms with Crippen molar-refractivity contribution in [3.8, 4) is 5.75 Å². The number of rotatable bonds is 16. The van der Waals surface area contributed by atoms with Gasteiger partial charge in [0, 0.05) is 47.5 Å². The maximum atomic E-state index is 12.2. The van der Waals surface area contributed by atoms with E-state index in [-0.39, 0.29) is 9.79 Å². The van der Waals surface area contributed by atoms with E-state index in [1.54, 1.807) is 24.3 Å². The molecule has 2 aliphatic heterocycles. The van der Waals surface area contributed by atoms with Gasteiger partial charge < -0.3 is 27.7 Å². The Kier molecular flexibility index (Phi) is 13.7. The predicted molar refractivity (Wildman–Crippen MR) is 250 cm³/mol. The van der Waals surface area contributed by atoms with Crippen LogP contribution in [0.25, 0.3) is 0 Å². The fourth-order valence-corrected chi connectivity index (χ4v) is 10.1. The van der Waals surface area contributed by atoms with E-state index in [0.29, 0.717) is 13.1 Å². The van der Waals surface area contributed by atoms with E-state index < -0.39 is 31.1 Å². The standard InChI is InChI=1S/C50H67N4O7S2/c1-12-36-18-22-39(23-19-36)61-48-37(20-28-46-49(2,3)42-34-40(62(55,56)57)24-26-44(42)51(46)30-14-32-53(6,7)8)16-13-17-38(48)21-29-47-50(4,5)43-35-41(63(58,59)60)25-27-45(43)52(47)31-15-33-54(9,10)11/h18-29,34-35H,12-17,30-33H2,1-11H3/q+1. The molecule has 2 heterocycles. The largest absolute Gasteiger partial charge is 0.744 e. The first-order chi connectivity index (χ1) is 29.2. The summed E-state index contributed by atoms with van der Waals surface area (Å²) in [6, 6.07) is 17.7. The summed E-state index contributed by atoms with van der Waals surface area (Å²) >= 11 is 0. The molecule has 6 rings (SSSR count). The van der Waals surface area contributed by atoms with E-state index in [2.05, 4.69) is 123 Å². The molecule has 3 aromatic rings. The molecule has 0 unspecified atom stereocenters. The van der Waals surface area contributed by atoms with Crippen molar-refractivity contribution in [1.82, 2.24) is 0 Å². The van der Waals surface area contributed by atoms with E-state index in [1.807, 2.05) is 12.1 Å². The summed E-state index contributed by atoms with van der Waals surface area (Å²) in [7, 11) is 3.69. The second kappa shape index (κ2) is 17.9. The summed E-state index contributed by atoms with van der Waals surface area (Å²) in [5.41, 5.74) is 7.45. The molecule has 0 radical (unpaired) electrons. The first-order valence-electron chi connectivity index (χ1n) is 22.0. The molecular formula is C50H67N4O7S2+. The summed E-state index contributed by atoms with van der Waals surface area (Å²) in [5, 5.41) is 0. The lowest BCUT2D eigenvalue weighted by Gasteiger charge is -2.29. The highest BCUT2D eigenvalue weighted by Gasteiger charge is 2.45. The van der Waals surface area contributed by atoms with Crippen molar-refractivity contribution in [1.29, 1.82) is 0 Å². The summed E-state index contributed by atoms with van der Waals surface area (Å²) in [4.78, 5) is 1.81. The van der Waals surface area contributed by atoms with Crippen LogP contribution >= 0.6 is 0 Å². The van der Waals surface area contributed by atoms with Crippen LogP contribution < -0.4 is 9.64 Å². The lowest BCUT2D eigenvalue weighted by molar-refractivity contribution is -0.871. The Morgan fingerprint density at radius 3 is 1.95 bits per heavy atom. The average molecular weight is 900 g/mol. The number of anilines is 1. The van der Waals surface area contributed by atoms with Crippen LogP contribution in [0.15, 0.2) is 117 Å². The van der Waals surface area contributed by atoms with Gasteiger partial charge in [-0.2, -0.15) is 4.58 Å². The molecule has 0 saturated carbocycles. The van der Waals surface area contributed by atoms with Crippen LogP contribution in [-0.4, -0.2) is 114 Å². The van der Waals surface area contributed by atoms with Gasteiger partial charge in [-0.25, -0.2) is 16.8 Å². The molecule has 13 heteroatoms. The Morgan fingerprint density at radius 2 is 1.35 bits per heavy atom. The predicted octanol–water partition coefficient (Wildman–Crippen LogP) is 8.31. The highest BCUT2D eigenvalue weighted by molar-refractivity contribution is 7.86. The Hall–Kier alpha value is -4.37. The van der Waals surface area contributed by atoms with Crippen molar-refractivity contribution in [2.75, 3.05) is 73.4 Å². The van der Waals surface area contributed by atoms with Gasteiger partial charge >= 0.3 is 0 Å².